The Bertz CT molecular complexity index is 369. The van der Waals surface area contributed by atoms with Gasteiger partial charge in [-0.3, -0.25) is 0 Å². The molecule has 1 aromatic carbocycles. The molecule has 0 fully saturated rings. The maximum atomic E-state index is 12.9. The third-order valence-electron chi connectivity index (χ3n) is 2.02. The van der Waals surface area contributed by atoms with Crippen LogP contribution in [0.4, 0.5) is 27.6 Å². The first-order valence-corrected chi connectivity index (χ1v) is 3.98. The van der Waals surface area contributed by atoms with Crippen molar-refractivity contribution < 1.29 is 22.0 Å². The summed E-state index contributed by atoms with van der Waals surface area (Å²) >= 11 is 0. The maximum absolute atomic E-state index is 12.9. The molecule has 6 heteroatoms. The second-order valence-electron chi connectivity index (χ2n) is 3.11. The Morgan fingerprint density at radius 2 is 1.60 bits per heavy atom. The predicted molar refractivity (Wildman–Crippen MR) is 45.5 cm³/mol. The first-order valence-electron chi connectivity index (χ1n) is 3.98. The van der Waals surface area contributed by atoms with Crippen LogP contribution >= 0.6 is 0 Å². The summed E-state index contributed by atoms with van der Waals surface area (Å²) in [5, 5.41) is 0. The van der Waals surface area contributed by atoms with Gasteiger partial charge in [0, 0.05) is 5.69 Å². The molecule has 0 aliphatic carbocycles. The summed E-state index contributed by atoms with van der Waals surface area (Å²) in [7, 11) is 0. The number of anilines is 1. The van der Waals surface area contributed by atoms with Gasteiger partial charge in [0.05, 0.1) is 5.56 Å². The van der Waals surface area contributed by atoms with E-state index < -0.39 is 23.3 Å². The van der Waals surface area contributed by atoms with Gasteiger partial charge in [-0.25, -0.2) is 0 Å². The summed E-state index contributed by atoms with van der Waals surface area (Å²) < 4.78 is 61.9. The van der Waals surface area contributed by atoms with Crippen molar-refractivity contribution in [2.24, 2.45) is 0 Å². The number of nitrogen functional groups attached to an aromatic ring is 1. The van der Waals surface area contributed by atoms with E-state index in [9.17, 15) is 22.0 Å². The quantitative estimate of drug-likeness (QED) is 0.576. The SMILES string of the molecule is Cc1cccc(C(F)(F)C(F)(F)F)c1N. The molecule has 0 heterocycles. The number of rotatable bonds is 1. The van der Waals surface area contributed by atoms with Crippen molar-refractivity contribution in [1.82, 2.24) is 0 Å². The van der Waals surface area contributed by atoms with Gasteiger partial charge in [0.25, 0.3) is 0 Å². The van der Waals surface area contributed by atoms with Gasteiger partial charge in [0.2, 0.25) is 0 Å². The molecule has 0 saturated heterocycles. The number of para-hydroxylation sites is 1. The zero-order chi connectivity index (χ0) is 11.9. The molecule has 1 nitrogen and oxygen atoms in total. The smallest absolute Gasteiger partial charge is 0.398 e. The summed E-state index contributed by atoms with van der Waals surface area (Å²) in [6.07, 6.45) is -5.63. The summed E-state index contributed by atoms with van der Waals surface area (Å²) in [5.74, 6) is -4.91. The fraction of sp³-hybridized carbons (Fsp3) is 0.333. The third-order valence-corrected chi connectivity index (χ3v) is 2.02. The van der Waals surface area contributed by atoms with Crippen LogP contribution < -0.4 is 5.73 Å². The average Bonchev–Trinajstić information content (AvgIpc) is 2.07. The molecule has 0 unspecified atom stereocenters. The lowest BCUT2D eigenvalue weighted by Gasteiger charge is -2.21. The summed E-state index contributed by atoms with van der Waals surface area (Å²) in [6, 6.07) is 3.15. The van der Waals surface area contributed by atoms with Gasteiger partial charge in [-0.15, -0.1) is 0 Å². The zero-order valence-corrected chi connectivity index (χ0v) is 7.70. The number of nitrogens with two attached hydrogens (primary N) is 1. The molecule has 0 bridgehead atoms. The third kappa shape index (κ3) is 1.88. The van der Waals surface area contributed by atoms with Gasteiger partial charge in [-0.05, 0) is 12.5 Å². The van der Waals surface area contributed by atoms with Crippen molar-refractivity contribution in [2.75, 3.05) is 5.73 Å². The molecule has 0 aromatic heterocycles. The van der Waals surface area contributed by atoms with Crippen LogP contribution in [0.3, 0.4) is 0 Å². The van der Waals surface area contributed by atoms with Crippen LogP contribution in [0.5, 0.6) is 0 Å². The average molecular weight is 225 g/mol. The number of hydrogen-bond acceptors (Lipinski definition) is 1. The van der Waals surface area contributed by atoms with Crippen LogP contribution in [-0.4, -0.2) is 6.18 Å². The Kier molecular flexibility index (Phi) is 2.63. The molecule has 0 aliphatic heterocycles. The minimum Gasteiger partial charge on any atom is -0.398 e. The van der Waals surface area contributed by atoms with E-state index in [0.717, 1.165) is 6.07 Å². The van der Waals surface area contributed by atoms with Crippen LogP contribution in [-0.2, 0) is 5.92 Å². The standard InChI is InChI=1S/C9H8F5N/c1-5-3-2-4-6(7(5)15)8(10,11)9(12,13)14/h2-4H,15H2,1H3. The van der Waals surface area contributed by atoms with Crippen molar-refractivity contribution >= 4 is 5.69 Å². The van der Waals surface area contributed by atoms with E-state index in [1.54, 1.807) is 0 Å². The van der Waals surface area contributed by atoms with Crippen LogP contribution in [0.15, 0.2) is 18.2 Å². The predicted octanol–water partition coefficient (Wildman–Crippen LogP) is 3.23. The van der Waals surface area contributed by atoms with E-state index in [1.807, 2.05) is 0 Å². The van der Waals surface area contributed by atoms with Gasteiger partial charge in [0.1, 0.15) is 0 Å². The lowest BCUT2D eigenvalue weighted by atomic mass is 10.0. The van der Waals surface area contributed by atoms with E-state index in [1.165, 1.54) is 13.0 Å². The summed E-state index contributed by atoms with van der Waals surface area (Å²) in [5.41, 5.74) is 3.65. The molecule has 0 amide bonds. The largest absolute Gasteiger partial charge is 0.458 e. The lowest BCUT2D eigenvalue weighted by molar-refractivity contribution is -0.289. The summed E-state index contributed by atoms with van der Waals surface area (Å²) in [4.78, 5) is 0. The molecule has 0 aliphatic rings. The molecule has 0 atom stereocenters. The van der Waals surface area contributed by atoms with Gasteiger partial charge in [-0.2, -0.15) is 22.0 Å². The van der Waals surface area contributed by atoms with Crippen molar-refractivity contribution in [3.63, 3.8) is 0 Å². The highest BCUT2D eigenvalue weighted by molar-refractivity contribution is 5.55. The molecule has 0 radical (unpaired) electrons. The zero-order valence-electron chi connectivity index (χ0n) is 7.70. The number of benzene rings is 1. The van der Waals surface area contributed by atoms with Crippen LogP contribution in [0.25, 0.3) is 0 Å². The molecule has 0 saturated carbocycles. The molecule has 0 spiro atoms. The molecule has 2 N–H and O–H groups in total. The highest BCUT2D eigenvalue weighted by Gasteiger charge is 2.59. The van der Waals surface area contributed by atoms with Crippen molar-refractivity contribution in [1.29, 1.82) is 0 Å². The number of halogens is 5. The Labute approximate surface area is 82.7 Å². The fourth-order valence-corrected chi connectivity index (χ4v) is 1.11. The Morgan fingerprint density at radius 1 is 1.07 bits per heavy atom. The lowest BCUT2D eigenvalue weighted by Crippen LogP contribution is -2.34. The van der Waals surface area contributed by atoms with Crippen molar-refractivity contribution in [3.8, 4) is 0 Å². The van der Waals surface area contributed by atoms with E-state index in [4.69, 9.17) is 5.73 Å². The molecular formula is C9H8F5N. The van der Waals surface area contributed by atoms with Gasteiger partial charge in [0.15, 0.2) is 0 Å². The van der Waals surface area contributed by atoms with Crippen LogP contribution in [0.1, 0.15) is 11.1 Å². The maximum Gasteiger partial charge on any atom is 0.458 e. The van der Waals surface area contributed by atoms with Gasteiger partial charge < -0.3 is 5.73 Å². The number of hydrogen-bond donors (Lipinski definition) is 1. The monoisotopic (exact) mass is 225 g/mol. The highest BCUT2D eigenvalue weighted by atomic mass is 19.4. The first kappa shape index (κ1) is 11.7. The van der Waals surface area contributed by atoms with E-state index >= 15 is 0 Å². The fourth-order valence-electron chi connectivity index (χ4n) is 1.11. The Balaban J connectivity index is 3.34. The van der Waals surface area contributed by atoms with Crippen LogP contribution in [0, 0.1) is 6.92 Å². The number of aryl methyl sites for hydroxylation is 1. The molecule has 1 rings (SSSR count). The Morgan fingerprint density at radius 3 is 2.07 bits per heavy atom. The van der Waals surface area contributed by atoms with E-state index in [-0.39, 0.29) is 5.56 Å². The normalized spacial score (nSPS) is 12.9. The van der Waals surface area contributed by atoms with Gasteiger partial charge >= 0.3 is 12.1 Å². The molecule has 84 valence electrons. The topological polar surface area (TPSA) is 26.0 Å². The van der Waals surface area contributed by atoms with E-state index in [0.29, 0.717) is 6.07 Å². The molecule has 15 heavy (non-hydrogen) atoms. The number of alkyl halides is 5. The second-order valence-corrected chi connectivity index (χ2v) is 3.11. The van der Waals surface area contributed by atoms with E-state index in [2.05, 4.69) is 0 Å². The molecule has 1 aromatic rings. The van der Waals surface area contributed by atoms with Gasteiger partial charge in [-0.1, -0.05) is 18.2 Å². The minimum absolute atomic E-state index is 0.191. The summed E-state index contributed by atoms with van der Waals surface area (Å²) in [6.45, 7) is 1.37. The first-order chi connectivity index (χ1) is 6.68. The Hall–Kier alpha value is -1.33. The second kappa shape index (κ2) is 3.36. The van der Waals surface area contributed by atoms with Crippen molar-refractivity contribution in [2.45, 2.75) is 19.0 Å². The minimum atomic E-state index is -5.63. The molecular weight excluding hydrogens is 217 g/mol. The van der Waals surface area contributed by atoms with Crippen molar-refractivity contribution in [3.05, 3.63) is 29.3 Å². The highest BCUT2D eigenvalue weighted by Crippen LogP contribution is 2.46. The van der Waals surface area contributed by atoms with Crippen LogP contribution in [0.2, 0.25) is 0 Å².